The molecule has 0 aliphatic carbocycles. The number of benzene rings is 1. The molecule has 1 fully saturated rings. The lowest BCUT2D eigenvalue weighted by molar-refractivity contribution is -0.00450. The second-order valence-electron chi connectivity index (χ2n) is 5.16. The molecule has 1 aliphatic rings. The molecule has 2 rings (SSSR count). The third kappa shape index (κ3) is 3.10. The predicted molar refractivity (Wildman–Crippen MR) is 72.3 cm³/mol. The first-order chi connectivity index (χ1) is 8.74. The molecule has 0 radical (unpaired) electrons. The molecular formula is C15H23NO2. The fraction of sp³-hybridized carbons (Fsp3) is 0.600. The Morgan fingerprint density at radius 2 is 2.00 bits per heavy atom. The van der Waals surface area contributed by atoms with Gasteiger partial charge in [-0.2, -0.15) is 0 Å². The van der Waals surface area contributed by atoms with Crippen LogP contribution in [0.5, 0.6) is 0 Å². The van der Waals surface area contributed by atoms with Gasteiger partial charge in [0.2, 0.25) is 0 Å². The zero-order valence-corrected chi connectivity index (χ0v) is 11.0. The van der Waals surface area contributed by atoms with E-state index in [0.29, 0.717) is 6.54 Å². The maximum absolute atomic E-state index is 9.94. The average Bonchev–Trinajstić information content (AvgIpc) is 2.39. The summed E-state index contributed by atoms with van der Waals surface area (Å²) in [6.07, 6.45) is 1.54. The normalized spacial score (nSPS) is 25.3. The fourth-order valence-electron chi connectivity index (χ4n) is 2.70. The molecule has 1 aromatic carbocycles. The Labute approximate surface area is 109 Å². The number of nitrogens with zero attached hydrogens (tertiary/aromatic N) is 1. The van der Waals surface area contributed by atoms with Gasteiger partial charge in [0.25, 0.3) is 0 Å². The molecule has 1 aromatic rings. The van der Waals surface area contributed by atoms with Crippen molar-refractivity contribution in [3.63, 3.8) is 0 Å². The van der Waals surface area contributed by atoms with E-state index in [4.69, 9.17) is 5.11 Å². The van der Waals surface area contributed by atoms with Gasteiger partial charge in [-0.05, 0) is 30.5 Å². The number of rotatable bonds is 4. The summed E-state index contributed by atoms with van der Waals surface area (Å²) in [5, 5.41) is 19.1. The second kappa shape index (κ2) is 6.32. The van der Waals surface area contributed by atoms with Gasteiger partial charge in [-0.1, -0.05) is 31.2 Å². The lowest BCUT2D eigenvalue weighted by Gasteiger charge is -2.35. The van der Waals surface area contributed by atoms with Crippen LogP contribution in [-0.2, 0) is 13.0 Å². The number of hydrogen-bond acceptors (Lipinski definition) is 3. The Morgan fingerprint density at radius 1 is 1.28 bits per heavy atom. The lowest BCUT2D eigenvalue weighted by atomic mass is 9.94. The molecule has 2 atom stereocenters. The van der Waals surface area contributed by atoms with Gasteiger partial charge in [0.1, 0.15) is 0 Å². The molecule has 3 nitrogen and oxygen atoms in total. The van der Waals surface area contributed by atoms with Crippen molar-refractivity contribution >= 4 is 0 Å². The lowest BCUT2D eigenvalue weighted by Crippen LogP contribution is -2.44. The average molecular weight is 249 g/mol. The summed E-state index contributed by atoms with van der Waals surface area (Å²) in [5.74, 6) is 0.0580. The summed E-state index contributed by atoms with van der Waals surface area (Å²) >= 11 is 0. The molecule has 1 saturated heterocycles. The third-order valence-electron chi connectivity index (χ3n) is 3.93. The summed E-state index contributed by atoms with van der Waals surface area (Å²) < 4.78 is 0. The van der Waals surface area contributed by atoms with E-state index in [2.05, 4.69) is 36.1 Å². The van der Waals surface area contributed by atoms with Crippen molar-refractivity contribution < 1.29 is 10.2 Å². The van der Waals surface area contributed by atoms with E-state index < -0.39 is 6.10 Å². The Balaban J connectivity index is 1.98. The van der Waals surface area contributed by atoms with E-state index in [1.54, 1.807) is 0 Å². The topological polar surface area (TPSA) is 43.7 Å². The van der Waals surface area contributed by atoms with Gasteiger partial charge in [0.15, 0.2) is 0 Å². The van der Waals surface area contributed by atoms with Crippen molar-refractivity contribution in [3.05, 3.63) is 35.4 Å². The van der Waals surface area contributed by atoms with Crippen molar-refractivity contribution in [2.24, 2.45) is 5.92 Å². The van der Waals surface area contributed by atoms with Crippen LogP contribution in [0.1, 0.15) is 24.5 Å². The Kier molecular flexibility index (Phi) is 4.75. The highest BCUT2D eigenvalue weighted by Gasteiger charge is 2.27. The smallest absolute Gasteiger partial charge is 0.0717 e. The summed E-state index contributed by atoms with van der Waals surface area (Å²) in [4.78, 5) is 2.28. The highest BCUT2D eigenvalue weighted by molar-refractivity contribution is 5.27. The van der Waals surface area contributed by atoms with Crippen molar-refractivity contribution in [1.29, 1.82) is 0 Å². The molecule has 18 heavy (non-hydrogen) atoms. The number of piperidine rings is 1. The van der Waals surface area contributed by atoms with E-state index in [1.165, 1.54) is 11.1 Å². The van der Waals surface area contributed by atoms with E-state index in [9.17, 15) is 5.11 Å². The van der Waals surface area contributed by atoms with Gasteiger partial charge >= 0.3 is 0 Å². The predicted octanol–water partition coefficient (Wildman–Crippen LogP) is 1.42. The van der Waals surface area contributed by atoms with Gasteiger partial charge in [-0.25, -0.2) is 0 Å². The van der Waals surface area contributed by atoms with Crippen molar-refractivity contribution in [1.82, 2.24) is 4.90 Å². The maximum atomic E-state index is 9.94. The van der Waals surface area contributed by atoms with Crippen LogP contribution >= 0.6 is 0 Å². The molecule has 0 aromatic heterocycles. The van der Waals surface area contributed by atoms with E-state index >= 15 is 0 Å². The van der Waals surface area contributed by atoms with Crippen LogP contribution < -0.4 is 0 Å². The minimum atomic E-state index is -0.391. The Hall–Kier alpha value is -0.900. The molecule has 1 aliphatic heterocycles. The Morgan fingerprint density at radius 3 is 2.61 bits per heavy atom. The van der Waals surface area contributed by atoms with Gasteiger partial charge in [-0.3, -0.25) is 4.90 Å². The van der Waals surface area contributed by atoms with Crippen LogP contribution in [0.15, 0.2) is 24.3 Å². The Bertz CT molecular complexity index is 381. The van der Waals surface area contributed by atoms with E-state index in [1.807, 2.05) is 0 Å². The first kappa shape index (κ1) is 13.5. The molecule has 0 saturated carbocycles. The largest absolute Gasteiger partial charge is 0.396 e. The minimum Gasteiger partial charge on any atom is -0.396 e. The van der Waals surface area contributed by atoms with E-state index in [-0.39, 0.29) is 12.5 Å². The molecule has 0 spiro atoms. The summed E-state index contributed by atoms with van der Waals surface area (Å²) in [6.45, 7) is 4.80. The molecule has 3 heteroatoms. The minimum absolute atomic E-state index is 0.0580. The fourth-order valence-corrected chi connectivity index (χ4v) is 2.70. The molecule has 2 N–H and O–H groups in total. The summed E-state index contributed by atoms with van der Waals surface area (Å²) in [5.41, 5.74) is 2.74. The van der Waals surface area contributed by atoms with Crippen LogP contribution in [0.3, 0.4) is 0 Å². The van der Waals surface area contributed by atoms with Gasteiger partial charge in [0, 0.05) is 25.6 Å². The highest BCUT2D eigenvalue weighted by Crippen LogP contribution is 2.20. The SMILES string of the molecule is CCc1ccccc1CN1CC[C@H](CO)[C@@H](O)C1. The number of aryl methyl sites for hydroxylation is 1. The maximum Gasteiger partial charge on any atom is 0.0717 e. The molecule has 1 heterocycles. The van der Waals surface area contributed by atoms with Crippen LogP contribution in [0.2, 0.25) is 0 Å². The molecule has 0 amide bonds. The molecule has 100 valence electrons. The molecular weight excluding hydrogens is 226 g/mol. The number of hydrogen-bond donors (Lipinski definition) is 2. The number of likely N-dealkylation sites (tertiary alicyclic amines) is 1. The van der Waals surface area contributed by atoms with Crippen LogP contribution in [0, 0.1) is 5.92 Å². The highest BCUT2D eigenvalue weighted by atomic mass is 16.3. The van der Waals surface area contributed by atoms with Crippen molar-refractivity contribution in [2.75, 3.05) is 19.7 Å². The first-order valence-corrected chi connectivity index (χ1v) is 6.82. The quantitative estimate of drug-likeness (QED) is 0.848. The van der Waals surface area contributed by atoms with Gasteiger partial charge in [-0.15, -0.1) is 0 Å². The number of aliphatic hydroxyl groups excluding tert-OH is 2. The summed E-state index contributed by atoms with van der Waals surface area (Å²) in [6, 6.07) is 8.50. The number of β-amino-alcohol motifs (C(OH)–C–C–N with tert-alkyl or cyclic N) is 1. The van der Waals surface area contributed by atoms with Crippen LogP contribution in [-0.4, -0.2) is 40.9 Å². The van der Waals surface area contributed by atoms with Gasteiger partial charge < -0.3 is 10.2 Å². The van der Waals surface area contributed by atoms with Crippen molar-refractivity contribution in [3.8, 4) is 0 Å². The van der Waals surface area contributed by atoms with Crippen molar-refractivity contribution in [2.45, 2.75) is 32.4 Å². The molecule has 0 unspecified atom stereocenters. The number of aliphatic hydroxyl groups is 2. The zero-order chi connectivity index (χ0) is 13.0. The third-order valence-corrected chi connectivity index (χ3v) is 3.93. The zero-order valence-electron chi connectivity index (χ0n) is 11.0. The van der Waals surface area contributed by atoms with Gasteiger partial charge in [0.05, 0.1) is 6.10 Å². The van der Waals surface area contributed by atoms with Crippen LogP contribution in [0.4, 0.5) is 0 Å². The second-order valence-corrected chi connectivity index (χ2v) is 5.16. The monoisotopic (exact) mass is 249 g/mol. The summed E-state index contributed by atoms with van der Waals surface area (Å²) in [7, 11) is 0. The van der Waals surface area contributed by atoms with E-state index in [0.717, 1.165) is 25.9 Å². The van der Waals surface area contributed by atoms with Crippen LogP contribution in [0.25, 0.3) is 0 Å². The molecule has 0 bridgehead atoms. The first-order valence-electron chi connectivity index (χ1n) is 6.82. The standard InChI is InChI=1S/C15H23NO2/c1-2-12-5-3-4-6-13(12)9-16-8-7-14(11-17)15(18)10-16/h3-6,14-15,17-18H,2,7-11H2,1H3/t14-,15+/m1/s1.